The second-order valence-corrected chi connectivity index (χ2v) is 12.3. The van der Waals surface area contributed by atoms with E-state index in [4.69, 9.17) is 37.4 Å². The third-order valence-electron chi connectivity index (χ3n) is 7.46. The SMILES string of the molecule is COc1cc(OC)c(Cl)c(-c2ccc3nc(NC[C@H]4C[C@@H](C(=O)N5CCC5)N(C(=O)OC(C)(C)C)C4)ncc3c2)c1Cl. The number of aromatic nitrogens is 2. The molecule has 0 bridgehead atoms. The van der Waals surface area contributed by atoms with Crippen molar-refractivity contribution in [2.45, 2.75) is 45.3 Å². The van der Waals surface area contributed by atoms with Crippen LogP contribution in [0.1, 0.15) is 33.6 Å². The summed E-state index contributed by atoms with van der Waals surface area (Å²) in [5, 5.41) is 4.85. The van der Waals surface area contributed by atoms with Crippen LogP contribution in [0.15, 0.2) is 30.5 Å². The van der Waals surface area contributed by atoms with Crippen LogP contribution in [-0.4, -0.2) is 83.8 Å². The second kappa shape index (κ2) is 12.0. The van der Waals surface area contributed by atoms with Gasteiger partial charge in [0.25, 0.3) is 0 Å². The van der Waals surface area contributed by atoms with Crippen molar-refractivity contribution in [3.05, 3.63) is 40.5 Å². The first kappa shape index (κ1) is 30.0. The maximum Gasteiger partial charge on any atom is 0.410 e. The summed E-state index contributed by atoms with van der Waals surface area (Å²) in [6.45, 7) is 7.85. The Hall–Kier alpha value is -3.50. The molecule has 10 nitrogen and oxygen atoms in total. The van der Waals surface area contributed by atoms with E-state index in [9.17, 15) is 9.59 Å². The van der Waals surface area contributed by atoms with Gasteiger partial charge in [0.15, 0.2) is 0 Å². The van der Waals surface area contributed by atoms with Crippen molar-refractivity contribution in [2.75, 3.05) is 45.7 Å². The van der Waals surface area contributed by atoms with Gasteiger partial charge in [0.1, 0.15) is 23.1 Å². The summed E-state index contributed by atoms with van der Waals surface area (Å²) in [6.07, 6.45) is 2.80. The lowest BCUT2D eigenvalue weighted by Gasteiger charge is -2.36. The Kier molecular flexibility index (Phi) is 8.57. The number of ether oxygens (including phenoxy) is 3. The molecule has 3 aromatic rings. The van der Waals surface area contributed by atoms with Crippen LogP contribution >= 0.6 is 23.2 Å². The molecule has 12 heteroatoms. The molecule has 42 heavy (non-hydrogen) atoms. The number of carbonyl (C=O) groups excluding carboxylic acids is 2. The highest BCUT2D eigenvalue weighted by atomic mass is 35.5. The van der Waals surface area contributed by atoms with Crippen LogP contribution in [-0.2, 0) is 9.53 Å². The predicted octanol–water partition coefficient (Wildman–Crippen LogP) is 5.89. The fourth-order valence-electron chi connectivity index (χ4n) is 5.22. The Morgan fingerprint density at radius 2 is 1.76 bits per heavy atom. The molecule has 2 aliphatic rings. The lowest BCUT2D eigenvalue weighted by molar-refractivity contribution is -0.139. The topological polar surface area (TPSA) is 106 Å². The fraction of sp³-hybridized carbons (Fsp3) is 0.467. The van der Waals surface area contributed by atoms with Gasteiger partial charge < -0.3 is 24.4 Å². The van der Waals surface area contributed by atoms with E-state index in [1.54, 1.807) is 22.1 Å². The Bertz CT molecular complexity index is 1480. The Morgan fingerprint density at radius 1 is 1.07 bits per heavy atom. The minimum Gasteiger partial charge on any atom is -0.495 e. The summed E-state index contributed by atoms with van der Waals surface area (Å²) in [4.78, 5) is 38.6. The molecule has 2 saturated heterocycles. The van der Waals surface area contributed by atoms with Gasteiger partial charge in [0, 0.05) is 49.4 Å². The second-order valence-electron chi connectivity index (χ2n) is 11.6. The Labute approximate surface area is 255 Å². The maximum atomic E-state index is 13.1. The van der Waals surface area contributed by atoms with Crippen molar-refractivity contribution in [1.29, 1.82) is 0 Å². The molecule has 0 spiro atoms. The van der Waals surface area contributed by atoms with Gasteiger partial charge in [-0.2, -0.15) is 0 Å². The number of nitrogens with one attached hydrogen (secondary N) is 1. The average molecular weight is 617 g/mol. The van der Waals surface area contributed by atoms with Crippen LogP contribution in [0, 0.1) is 5.92 Å². The van der Waals surface area contributed by atoms with Crippen LogP contribution in [0.5, 0.6) is 11.5 Å². The van der Waals surface area contributed by atoms with Crippen molar-refractivity contribution in [1.82, 2.24) is 19.8 Å². The molecule has 0 saturated carbocycles. The van der Waals surface area contributed by atoms with Crippen molar-refractivity contribution < 1.29 is 23.8 Å². The zero-order valence-electron chi connectivity index (χ0n) is 24.4. The molecule has 0 unspecified atom stereocenters. The quantitative estimate of drug-likeness (QED) is 0.351. The molecule has 0 radical (unpaired) electrons. The first-order valence-corrected chi connectivity index (χ1v) is 14.6. The molecule has 2 atom stereocenters. The van der Waals surface area contributed by atoms with E-state index in [1.807, 2.05) is 39.0 Å². The summed E-state index contributed by atoms with van der Waals surface area (Å²) < 4.78 is 16.4. The van der Waals surface area contributed by atoms with Gasteiger partial charge in [0.05, 0.1) is 29.8 Å². The first-order valence-electron chi connectivity index (χ1n) is 13.9. The zero-order chi connectivity index (χ0) is 30.2. The third kappa shape index (κ3) is 6.15. The van der Waals surface area contributed by atoms with Crippen LogP contribution in [0.4, 0.5) is 10.7 Å². The fourth-order valence-corrected chi connectivity index (χ4v) is 5.94. The molecule has 2 fully saturated rings. The monoisotopic (exact) mass is 615 g/mol. The Balaban J connectivity index is 1.31. The number of hydrogen-bond donors (Lipinski definition) is 1. The van der Waals surface area contributed by atoms with Gasteiger partial charge in [0.2, 0.25) is 11.9 Å². The number of rotatable bonds is 7. The third-order valence-corrected chi connectivity index (χ3v) is 8.21. The summed E-state index contributed by atoms with van der Waals surface area (Å²) in [7, 11) is 3.07. The van der Waals surface area contributed by atoms with Gasteiger partial charge >= 0.3 is 6.09 Å². The smallest absolute Gasteiger partial charge is 0.410 e. The van der Waals surface area contributed by atoms with E-state index in [0.29, 0.717) is 52.6 Å². The molecule has 0 aliphatic carbocycles. The highest BCUT2D eigenvalue weighted by Gasteiger charge is 2.43. The van der Waals surface area contributed by atoms with E-state index < -0.39 is 17.7 Å². The summed E-state index contributed by atoms with van der Waals surface area (Å²) >= 11 is 13.2. The summed E-state index contributed by atoms with van der Waals surface area (Å²) in [6, 6.07) is 6.78. The number of carbonyl (C=O) groups is 2. The molecule has 3 heterocycles. The molecular weight excluding hydrogens is 581 g/mol. The largest absolute Gasteiger partial charge is 0.495 e. The Morgan fingerprint density at radius 3 is 2.36 bits per heavy atom. The summed E-state index contributed by atoms with van der Waals surface area (Å²) in [5.41, 5.74) is 1.44. The standard InChI is InChI=1S/C30H35Cl2N5O5/c1-30(2,3)42-29(39)37-16-17(11-21(37)27(38)36-9-6-10-36)14-33-28-34-15-19-12-18(7-8-20(19)35-28)24-25(31)22(40-4)13-23(41-5)26(24)32/h7-8,12-13,15,17,21H,6,9-11,14,16H2,1-5H3,(H,33,34,35)/t17-,21+/m1/s1. The maximum absolute atomic E-state index is 13.1. The van der Waals surface area contributed by atoms with Gasteiger partial charge in [-0.05, 0) is 57.2 Å². The van der Waals surface area contributed by atoms with Crippen molar-refractivity contribution in [2.24, 2.45) is 5.92 Å². The number of halogens is 2. The highest BCUT2D eigenvalue weighted by Crippen LogP contribution is 2.46. The van der Waals surface area contributed by atoms with E-state index in [-0.39, 0.29) is 11.8 Å². The van der Waals surface area contributed by atoms with Crippen LogP contribution < -0.4 is 14.8 Å². The molecule has 224 valence electrons. The van der Waals surface area contributed by atoms with E-state index >= 15 is 0 Å². The number of methoxy groups -OCH3 is 2. The summed E-state index contributed by atoms with van der Waals surface area (Å²) in [5.74, 6) is 1.38. The van der Waals surface area contributed by atoms with Gasteiger partial charge in [-0.3, -0.25) is 9.69 Å². The molecule has 2 aromatic carbocycles. The van der Waals surface area contributed by atoms with E-state index in [0.717, 1.165) is 36.0 Å². The highest BCUT2D eigenvalue weighted by molar-refractivity contribution is 6.41. The number of hydrogen-bond acceptors (Lipinski definition) is 8. The molecule has 2 aliphatic heterocycles. The first-order chi connectivity index (χ1) is 20.0. The number of nitrogens with zero attached hydrogens (tertiary/aromatic N) is 4. The van der Waals surface area contributed by atoms with Crippen molar-refractivity contribution >= 4 is 52.1 Å². The molecule has 2 amide bonds. The van der Waals surface area contributed by atoms with Crippen molar-refractivity contribution in [3.63, 3.8) is 0 Å². The van der Waals surface area contributed by atoms with Gasteiger partial charge in [-0.1, -0.05) is 29.3 Å². The number of fused-ring (bicyclic) bond motifs is 1. The normalized spacial score (nSPS) is 18.5. The average Bonchev–Trinajstić information content (AvgIpc) is 3.35. The minimum atomic E-state index is -0.647. The molecule has 1 N–H and O–H groups in total. The minimum absolute atomic E-state index is 0.0127. The lowest BCUT2D eigenvalue weighted by atomic mass is 10.0. The number of likely N-dealkylation sites (tertiary alicyclic amines) is 2. The number of anilines is 1. The van der Waals surface area contributed by atoms with E-state index in [1.165, 1.54) is 14.2 Å². The molecule has 5 rings (SSSR count). The van der Waals surface area contributed by atoms with E-state index in [2.05, 4.69) is 15.3 Å². The van der Waals surface area contributed by atoms with Gasteiger partial charge in [-0.15, -0.1) is 0 Å². The van der Waals surface area contributed by atoms with Crippen LogP contribution in [0.2, 0.25) is 10.0 Å². The number of benzene rings is 2. The zero-order valence-corrected chi connectivity index (χ0v) is 25.9. The number of amides is 2. The van der Waals surface area contributed by atoms with Crippen LogP contribution in [0.3, 0.4) is 0 Å². The predicted molar refractivity (Wildman–Crippen MR) is 163 cm³/mol. The van der Waals surface area contributed by atoms with Gasteiger partial charge in [-0.25, -0.2) is 14.8 Å². The van der Waals surface area contributed by atoms with Crippen LogP contribution in [0.25, 0.3) is 22.0 Å². The van der Waals surface area contributed by atoms with Crippen molar-refractivity contribution in [3.8, 4) is 22.6 Å². The lowest BCUT2D eigenvalue weighted by Crippen LogP contribution is -2.52. The molecule has 1 aromatic heterocycles. The molecular formula is C30H35Cl2N5O5.